The van der Waals surface area contributed by atoms with E-state index in [2.05, 4.69) is 4.72 Å². The first-order valence-electron chi connectivity index (χ1n) is 6.35. The molecule has 4 nitrogen and oxygen atoms in total. The van der Waals surface area contributed by atoms with Crippen LogP contribution in [-0.2, 0) is 10.0 Å². The van der Waals surface area contributed by atoms with Gasteiger partial charge in [0, 0.05) is 6.54 Å². The van der Waals surface area contributed by atoms with Gasteiger partial charge in [-0.2, -0.15) is 0 Å². The molecule has 0 spiro atoms. The fraction of sp³-hybridized carbons (Fsp3) is 1.00. The Bertz CT molecular complexity index is 332. The van der Waals surface area contributed by atoms with E-state index in [0.29, 0.717) is 6.54 Å². The molecule has 0 aromatic heterocycles. The highest BCUT2D eigenvalue weighted by atomic mass is 32.2. The van der Waals surface area contributed by atoms with Gasteiger partial charge in [-0.25, -0.2) is 13.1 Å². The maximum absolute atomic E-state index is 11.8. The Morgan fingerprint density at radius 3 is 2.35 bits per heavy atom. The Labute approximate surface area is 105 Å². The lowest BCUT2D eigenvalue weighted by molar-refractivity contribution is 0.0724. The SMILES string of the molecule is CC(C)(C)CS(=O)(=O)NCC1CCCCC1O. The summed E-state index contributed by atoms with van der Waals surface area (Å²) in [6.07, 6.45) is 3.50. The van der Waals surface area contributed by atoms with E-state index in [0.717, 1.165) is 25.7 Å². The summed E-state index contributed by atoms with van der Waals surface area (Å²) < 4.78 is 26.2. The zero-order valence-electron chi connectivity index (χ0n) is 11.1. The minimum atomic E-state index is -3.22. The third-order valence-corrected chi connectivity index (χ3v) is 4.91. The second-order valence-corrected chi connectivity index (χ2v) is 8.09. The van der Waals surface area contributed by atoms with Gasteiger partial charge in [-0.1, -0.05) is 33.6 Å². The van der Waals surface area contributed by atoms with E-state index in [4.69, 9.17) is 0 Å². The number of aliphatic hydroxyl groups is 1. The van der Waals surface area contributed by atoms with Crippen LogP contribution in [0.3, 0.4) is 0 Å². The molecule has 1 aliphatic rings. The lowest BCUT2D eigenvalue weighted by Gasteiger charge is -2.28. The van der Waals surface area contributed by atoms with Crippen LogP contribution in [0.2, 0.25) is 0 Å². The van der Waals surface area contributed by atoms with Crippen molar-refractivity contribution in [3.63, 3.8) is 0 Å². The van der Waals surface area contributed by atoms with Gasteiger partial charge in [0.25, 0.3) is 0 Å². The number of sulfonamides is 1. The maximum Gasteiger partial charge on any atom is 0.212 e. The molecule has 1 aliphatic carbocycles. The normalized spacial score (nSPS) is 27.1. The molecule has 0 radical (unpaired) electrons. The molecule has 2 atom stereocenters. The van der Waals surface area contributed by atoms with Gasteiger partial charge in [-0.15, -0.1) is 0 Å². The topological polar surface area (TPSA) is 66.4 Å². The van der Waals surface area contributed by atoms with Gasteiger partial charge in [0.1, 0.15) is 0 Å². The summed E-state index contributed by atoms with van der Waals surface area (Å²) in [5.41, 5.74) is -0.239. The standard InChI is InChI=1S/C12H25NO3S/c1-12(2,3)9-17(15,16)13-8-10-6-4-5-7-11(10)14/h10-11,13-14H,4-9H2,1-3H3. The number of aliphatic hydroxyl groups excluding tert-OH is 1. The summed E-state index contributed by atoms with van der Waals surface area (Å²) in [7, 11) is -3.22. The van der Waals surface area contributed by atoms with E-state index >= 15 is 0 Å². The number of hydrogen-bond donors (Lipinski definition) is 2. The molecule has 0 aromatic carbocycles. The van der Waals surface area contributed by atoms with Crippen LogP contribution >= 0.6 is 0 Å². The molecule has 2 unspecified atom stereocenters. The highest BCUT2D eigenvalue weighted by Gasteiger charge is 2.26. The van der Waals surface area contributed by atoms with Crippen molar-refractivity contribution in [3.05, 3.63) is 0 Å². The first-order chi connectivity index (χ1) is 7.70. The molecule has 1 fully saturated rings. The Balaban J connectivity index is 2.44. The van der Waals surface area contributed by atoms with Crippen LogP contribution in [0, 0.1) is 11.3 Å². The van der Waals surface area contributed by atoms with E-state index < -0.39 is 10.0 Å². The second kappa shape index (κ2) is 5.67. The summed E-state index contributed by atoms with van der Waals surface area (Å²) in [5, 5.41) is 9.76. The van der Waals surface area contributed by atoms with Crippen molar-refractivity contribution in [2.45, 2.75) is 52.6 Å². The number of hydrogen-bond acceptors (Lipinski definition) is 3. The van der Waals surface area contributed by atoms with Crippen molar-refractivity contribution in [1.82, 2.24) is 4.72 Å². The number of rotatable bonds is 4. The molecule has 0 bridgehead atoms. The smallest absolute Gasteiger partial charge is 0.212 e. The molecule has 0 aliphatic heterocycles. The van der Waals surface area contributed by atoms with Crippen LogP contribution in [0.4, 0.5) is 0 Å². The van der Waals surface area contributed by atoms with E-state index in [1.807, 2.05) is 20.8 Å². The lowest BCUT2D eigenvalue weighted by atomic mass is 9.87. The molecule has 17 heavy (non-hydrogen) atoms. The molecule has 0 saturated heterocycles. The van der Waals surface area contributed by atoms with Gasteiger partial charge in [0.15, 0.2) is 0 Å². The molecule has 1 rings (SSSR count). The summed E-state index contributed by atoms with van der Waals surface area (Å²) in [4.78, 5) is 0. The Morgan fingerprint density at radius 2 is 1.82 bits per heavy atom. The summed E-state index contributed by atoms with van der Waals surface area (Å²) in [6.45, 7) is 6.09. The van der Waals surface area contributed by atoms with E-state index in [9.17, 15) is 13.5 Å². The van der Waals surface area contributed by atoms with Crippen molar-refractivity contribution in [3.8, 4) is 0 Å². The van der Waals surface area contributed by atoms with Crippen molar-refractivity contribution in [1.29, 1.82) is 0 Å². The van der Waals surface area contributed by atoms with E-state index in [1.165, 1.54) is 0 Å². The first-order valence-corrected chi connectivity index (χ1v) is 8.00. The number of nitrogens with one attached hydrogen (secondary N) is 1. The van der Waals surface area contributed by atoms with Gasteiger partial charge in [-0.05, 0) is 24.2 Å². The summed E-state index contributed by atoms with van der Waals surface area (Å²) >= 11 is 0. The van der Waals surface area contributed by atoms with Crippen LogP contribution in [0.25, 0.3) is 0 Å². The van der Waals surface area contributed by atoms with Gasteiger partial charge < -0.3 is 5.11 Å². The first kappa shape index (κ1) is 14.9. The molecular weight excluding hydrogens is 238 g/mol. The highest BCUT2D eigenvalue weighted by molar-refractivity contribution is 7.89. The predicted octanol–water partition coefficient (Wildman–Crippen LogP) is 1.50. The van der Waals surface area contributed by atoms with Gasteiger partial charge in [0.05, 0.1) is 11.9 Å². The molecule has 2 N–H and O–H groups in total. The van der Waals surface area contributed by atoms with Crippen molar-refractivity contribution in [2.75, 3.05) is 12.3 Å². The minimum Gasteiger partial charge on any atom is -0.393 e. The molecule has 1 saturated carbocycles. The van der Waals surface area contributed by atoms with Gasteiger partial charge in [0.2, 0.25) is 10.0 Å². The van der Waals surface area contributed by atoms with E-state index in [1.54, 1.807) is 0 Å². The average Bonchev–Trinajstić information content (AvgIpc) is 2.13. The van der Waals surface area contributed by atoms with Crippen LogP contribution < -0.4 is 4.72 Å². The molecular formula is C12H25NO3S. The van der Waals surface area contributed by atoms with Crippen LogP contribution in [0.1, 0.15) is 46.5 Å². The zero-order valence-corrected chi connectivity index (χ0v) is 11.9. The largest absolute Gasteiger partial charge is 0.393 e. The third-order valence-electron chi connectivity index (χ3n) is 3.06. The van der Waals surface area contributed by atoms with Crippen LogP contribution in [0.5, 0.6) is 0 Å². The lowest BCUT2D eigenvalue weighted by Crippen LogP contribution is -2.39. The molecule has 0 amide bonds. The van der Waals surface area contributed by atoms with E-state index in [-0.39, 0.29) is 23.2 Å². The predicted molar refractivity (Wildman–Crippen MR) is 69.2 cm³/mol. The Hall–Kier alpha value is -0.130. The molecule has 0 aromatic rings. The average molecular weight is 263 g/mol. The molecule has 102 valence electrons. The summed E-state index contributed by atoms with van der Waals surface area (Å²) in [5.74, 6) is 0.210. The molecule has 5 heteroatoms. The highest BCUT2D eigenvalue weighted by Crippen LogP contribution is 2.24. The molecule has 0 heterocycles. The Morgan fingerprint density at radius 1 is 1.24 bits per heavy atom. The zero-order chi connectivity index (χ0) is 13.1. The second-order valence-electron chi connectivity index (χ2n) is 6.28. The van der Waals surface area contributed by atoms with Crippen molar-refractivity contribution in [2.24, 2.45) is 11.3 Å². The van der Waals surface area contributed by atoms with Gasteiger partial charge >= 0.3 is 0 Å². The summed E-state index contributed by atoms with van der Waals surface area (Å²) in [6, 6.07) is 0. The fourth-order valence-electron chi connectivity index (χ4n) is 2.28. The van der Waals surface area contributed by atoms with Crippen molar-refractivity contribution >= 4 is 10.0 Å². The Kier molecular flexibility index (Phi) is 4.98. The van der Waals surface area contributed by atoms with Crippen LogP contribution in [-0.4, -0.2) is 31.9 Å². The quantitative estimate of drug-likeness (QED) is 0.808. The van der Waals surface area contributed by atoms with Gasteiger partial charge in [-0.3, -0.25) is 0 Å². The monoisotopic (exact) mass is 263 g/mol. The minimum absolute atomic E-state index is 0.0819. The maximum atomic E-state index is 11.8. The van der Waals surface area contributed by atoms with Crippen molar-refractivity contribution < 1.29 is 13.5 Å². The fourth-order valence-corrected chi connectivity index (χ4v) is 3.99. The van der Waals surface area contributed by atoms with Crippen LogP contribution in [0.15, 0.2) is 0 Å². The third kappa shape index (κ3) is 5.84.